The molecule has 0 heterocycles. The van der Waals surface area contributed by atoms with Gasteiger partial charge in [0, 0.05) is 11.6 Å². The quantitative estimate of drug-likeness (QED) is 0.656. The van der Waals surface area contributed by atoms with Crippen molar-refractivity contribution in [2.75, 3.05) is 24.8 Å². The normalized spacial score (nSPS) is 12.7. The first-order chi connectivity index (χ1) is 14.0. The van der Waals surface area contributed by atoms with Crippen LogP contribution in [0.5, 0.6) is 11.5 Å². The average molecular weight is 435 g/mol. The van der Waals surface area contributed by atoms with Crippen LogP contribution in [0.1, 0.15) is 26.3 Å². The molecule has 7 nitrogen and oxygen atoms in total. The molecule has 0 aromatic heterocycles. The summed E-state index contributed by atoms with van der Waals surface area (Å²) < 4.78 is 36.7. The van der Waals surface area contributed by atoms with E-state index in [4.69, 9.17) is 9.47 Å². The van der Waals surface area contributed by atoms with Crippen LogP contribution in [0, 0.1) is 0 Å². The predicted octanol–water partition coefficient (Wildman–Crippen LogP) is 3.00. The summed E-state index contributed by atoms with van der Waals surface area (Å²) >= 11 is 0. The van der Waals surface area contributed by atoms with Crippen LogP contribution in [-0.2, 0) is 21.2 Å². The van der Waals surface area contributed by atoms with Crippen molar-refractivity contribution in [1.82, 2.24) is 5.32 Å². The molecule has 1 unspecified atom stereocenters. The number of amides is 1. The van der Waals surface area contributed by atoms with E-state index in [0.29, 0.717) is 23.6 Å². The highest BCUT2D eigenvalue weighted by molar-refractivity contribution is 7.92. The second kappa shape index (κ2) is 9.38. The third kappa shape index (κ3) is 5.89. The molecule has 1 N–H and O–H groups in total. The predicted molar refractivity (Wildman–Crippen MR) is 119 cm³/mol. The fourth-order valence-electron chi connectivity index (χ4n) is 3.36. The summed E-state index contributed by atoms with van der Waals surface area (Å²) in [6.45, 7) is 5.38. The highest BCUT2D eigenvalue weighted by atomic mass is 32.2. The lowest BCUT2D eigenvalue weighted by Gasteiger charge is -2.33. The molecule has 0 bridgehead atoms. The number of hydrogen-bond donors (Lipinski definition) is 1. The average Bonchev–Trinajstić information content (AvgIpc) is 2.66. The van der Waals surface area contributed by atoms with Crippen molar-refractivity contribution in [1.29, 1.82) is 0 Å². The van der Waals surface area contributed by atoms with Gasteiger partial charge in [0.15, 0.2) is 11.5 Å². The van der Waals surface area contributed by atoms with Crippen LogP contribution in [0.3, 0.4) is 0 Å². The Kier molecular flexibility index (Phi) is 7.36. The van der Waals surface area contributed by atoms with Crippen molar-refractivity contribution < 1.29 is 22.7 Å². The highest BCUT2D eigenvalue weighted by Gasteiger charge is 2.32. The molecule has 8 heteroatoms. The van der Waals surface area contributed by atoms with Gasteiger partial charge in [-0.15, -0.1) is 0 Å². The van der Waals surface area contributed by atoms with Gasteiger partial charge in [-0.05, 0) is 44.9 Å². The maximum absolute atomic E-state index is 13.0. The van der Waals surface area contributed by atoms with Crippen molar-refractivity contribution in [3.63, 3.8) is 0 Å². The number of ether oxygens (including phenoxy) is 2. The van der Waals surface area contributed by atoms with E-state index in [2.05, 4.69) is 5.32 Å². The van der Waals surface area contributed by atoms with Crippen molar-refractivity contribution in [3.05, 3.63) is 54.1 Å². The lowest BCUT2D eigenvalue weighted by Crippen LogP contribution is -2.54. The van der Waals surface area contributed by atoms with E-state index in [1.807, 2.05) is 44.2 Å². The summed E-state index contributed by atoms with van der Waals surface area (Å²) in [5.74, 6) is 0.451. The van der Waals surface area contributed by atoms with E-state index in [1.165, 1.54) is 14.2 Å². The number of anilines is 1. The molecule has 1 atom stereocenters. The Balaban J connectivity index is 2.29. The zero-order valence-electron chi connectivity index (χ0n) is 18.3. The minimum atomic E-state index is -3.75. The summed E-state index contributed by atoms with van der Waals surface area (Å²) in [6, 6.07) is 13.6. The molecule has 164 valence electrons. The summed E-state index contributed by atoms with van der Waals surface area (Å²) in [5.41, 5.74) is 0.835. The molecule has 1 amide bonds. The third-order valence-electron chi connectivity index (χ3n) is 4.66. The first-order valence-electron chi connectivity index (χ1n) is 9.56. The Labute approximate surface area is 179 Å². The molecule has 2 aromatic carbocycles. The fourth-order valence-corrected chi connectivity index (χ4v) is 4.53. The van der Waals surface area contributed by atoms with E-state index in [1.54, 1.807) is 25.1 Å². The smallest absolute Gasteiger partial charge is 0.244 e. The molecule has 2 rings (SSSR count). The van der Waals surface area contributed by atoms with Crippen LogP contribution >= 0.6 is 0 Å². The van der Waals surface area contributed by atoms with Gasteiger partial charge in [0.2, 0.25) is 15.9 Å². The van der Waals surface area contributed by atoms with E-state index in [0.717, 1.165) is 16.1 Å². The Hall–Kier alpha value is -2.74. The third-order valence-corrected chi connectivity index (χ3v) is 5.90. The Morgan fingerprint density at radius 2 is 1.67 bits per heavy atom. The molecule has 0 aliphatic rings. The Morgan fingerprint density at radius 3 is 2.20 bits per heavy atom. The molecule has 30 heavy (non-hydrogen) atoms. The minimum absolute atomic E-state index is 0.318. The topological polar surface area (TPSA) is 84.9 Å². The van der Waals surface area contributed by atoms with E-state index < -0.39 is 27.5 Å². The fraction of sp³-hybridized carbons (Fsp3) is 0.409. The molecule has 0 saturated heterocycles. The van der Waals surface area contributed by atoms with E-state index in [9.17, 15) is 13.2 Å². The van der Waals surface area contributed by atoms with Gasteiger partial charge in [0.1, 0.15) is 6.04 Å². The number of hydrogen-bond acceptors (Lipinski definition) is 5. The van der Waals surface area contributed by atoms with Gasteiger partial charge in [0.05, 0.1) is 26.2 Å². The number of carbonyl (C=O) groups excluding carboxylic acids is 1. The molecule has 2 aromatic rings. The van der Waals surface area contributed by atoms with Gasteiger partial charge in [-0.1, -0.05) is 30.3 Å². The lowest BCUT2D eigenvalue weighted by atomic mass is 9.94. The maximum atomic E-state index is 13.0. The number of rotatable bonds is 9. The van der Waals surface area contributed by atoms with Crippen molar-refractivity contribution in [2.45, 2.75) is 38.8 Å². The van der Waals surface area contributed by atoms with Gasteiger partial charge in [-0.3, -0.25) is 9.10 Å². The molecule has 0 saturated carbocycles. The molecular weight excluding hydrogens is 404 g/mol. The summed E-state index contributed by atoms with van der Waals surface area (Å²) in [7, 11) is -0.781. The van der Waals surface area contributed by atoms with Crippen LogP contribution in [0.15, 0.2) is 48.5 Å². The van der Waals surface area contributed by atoms with Crippen LogP contribution in [0.4, 0.5) is 5.69 Å². The molecule has 0 spiro atoms. The Morgan fingerprint density at radius 1 is 1.07 bits per heavy atom. The van der Waals surface area contributed by atoms with Gasteiger partial charge in [-0.2, -0.15) is 0 Å². The molecule has 0 fully saturated rings. The first-order valence-corrected chi connectivity index (χ1v) is 11.4. The number of nitrogens with zero attached hydrogens (tertiary/aromatic N) is 1. The van der Waals surface area contributed by atoms with Gasteiger partial charge in [-0.25, -0.2) is 8.42 Å². The second-order valence-electron chi connectivity index (χ2n) is 7.81. The van der Waals surface area contributed by atoms with Crippen molar-refractivity contribution in [3.8, 4) is 11.5 Å². The number of sulfonamides is 1. The molecule has 0 aliphatic carbocycles. The number of nitrogens with one attached hydrogen (secondary N) is 1. The Bertz CT molecular complexity index is 974. The number of methoxy groups -OCH3 is 2. The van der Waals surface area contributed by atoms with Crippen molar-refractivity contribution >= 4 is 21.6 Å². The van der Waals surface area contributed by atoms with Crippen LogP contribution in [0.25, 0.3) is 0 Å². The standard InChI is InChI=1S/C22H30N2O5S/c1-16(21(25)23-22(2,3)15-17-10-8-7-9-11-17)24(30(6,26)27)18-12-13-19(28-4)20(14-18)29-5/h7-14,16H,15H2,1-6H3,(H,23,25). The van der Waals surface area contributed by atoms with Gasteiger partial charge >= 0.3 is 0 Å². The summed E-state index contributed by atoms with van der Waals surface area (Å²) in [6.07, 6.45) is 1.68. The summed E-state index contributed by atoms with van der Waals surface area (Å²) in [5, 5.41) is 2.98. The zero-order valence-corrected chi connectivity index (χ0v) is 19.1. The molecule has 0 aliphatic heterocycles. The highest BCUT2D eigenvalue weighted by Crippen LogP contribution is 2.33. The number of carbonyl (C=O) groups is 1. The SMILES string of the molecule is COc1ccc(N(C(C)C(=O)NC(C)(C)Cc2ccccc2)S(C)(=O)=O)cc1OC. The van der Waals surface area contributed by atoms with E-state index >= 15 is 0 Å². The van der Waals surface area contributed by atoms with Crippen LogP contribution < -0.4 is 19.1 Å². The lowest BCUT2D eigenvalue weighted by molar-refractivity contribution is -0.123. The molecular formula is C22H30N2O5S. The number of benzene rings is 2. The minimum Gasteiger partial charge on any atom is -0.493 e. The largest absolute Gasteiger partial charge is 0.493 e. The van der Waals surface area contributed by atoms with Crippen LogP contribution in [0.2, 0.25) is 0 Å². The van der Waals surface area contributed by atoms with Crippen LogP contribution in [-0.4, -0.2) is 46.4 Å². The van der Waals surface area contributed by atoms with Crippen molar-refractivity contribution in [2.24, 2.45) is 0 Å². The van der Waals surface area contributed by atoms with Gasteiger partial charge in [0.25, 0.3) is 0 Å². The molecule has 0 radical (unpaired) electrons. The maximum Gasteiger partial charge on any atom is 0.244 e. The second-order valence-corrected chi connectivity index (χ2v) is 9.67. The monoisotopic (exact) mass is 434 g/mol. The van der Waals surface area contributed by atoms with E-state index in [-0.39, 0.29) is 0 Å². The first kappa shape index (κ1) is 23.5. The van der Waals surface area contributed by atoms with Gasteiger partial charge < -0.3 is 14.8 Å². The zero-order chi connectivity index (χ0) is 22.5. The summed E-state index contributed by atoms with van der Waals surface area (Å²) in [4.78, 5) is 13.0.